The van der Waals surface area contributed by atoms with Crippen LogP contribution in [-0.2, 0) is 21.8 Å². The summed E-state index contributed by atoms with van der Waals surface area (Å²) in [5, 5.41) is 8.81. The van der Waals surface area contributed by atoms with Crippen LogP contribution >= 0.6 is 47.0 Å². The van der Waals surface area contributed by atoms with E-state index < -0.39 is 5.79 Å². The predicted molar refractivity (Wildman–Crippen MR) is 187 cm³/mol. The molecule has 13 heteroatoms. The molecule has 2 fully saturated rings. The van der Waals surface area contributed by atoms with Crippen LogP contribution in [0.25, 0.3) is 0 Å². The van der Waals surface area contributed by atoms with Gasteiger partial charge in [0.2, 0.25) is 5.79 Å². The zero-order chi connectivity index (χ0) is 31.9. The maximum Gasteiger partial charge on any atom is 0.215 e. The molecule has 4 aromatic rings. The van der Waals surface area contributed by atoms with E-state index in [-0.39, 0.29) is 6.10 Å². The lowest BCUT2D eigenvalue weighted by molar-refractivity contribution is -0.189. The Morgan fingerprint density at radius 3 is 2.46 bits per heavy atom. The van der Waals surface area contributed by atoms with Crippen molar-refractivity contribution in [2.45, 2.75) is 18.4 Å². The molecule has 0 spiro atoms. The van der Waals surface area contributed by atoms with E-state index in [0.717, 1.165) is 50.7 Å². The third kappa shape index (κ3) is 8.43. The summed E-state index contributed by atoms with van der Waals surface area (Å²) in [6.45, 7) is 6.64. The van der Waals surface area contributed by atoms with E-state index in [9.17, 15) is 0 Å². The first-order chi connectivity index (χ1) is 22.3. The van der Waals surface area contributed by atoms with Gasteiger partial charge in [0, 0.05) is 78.6 Å². The molecule has 1 aromatic heterocycles. The van der Waals surface area contributed by atoms with Gasteiger partial charge in [-0.2, -0.15) is 0 Å². The first kappa shape index (κ1) is 32.8. The van der Waals surface area contributed by atoms with Gasteiger partial charge in [-0.15, -0.1) is 0 Å². The zero-order valence-corrected chi connectivity index (χ0v) is 28.2. The van der Waals surface area contributed by atoms with Gasteiger partial charge in [0.25, 0.3) is 0 Å². The highest BCUT2D eigenvalue weighted by molar-refractivity contribution is 7.80. The number of hydrogen-bond donors (Lipinski definition) is 2. The molecule has 3 aromatic carbocycles. The van der Waals surface area contributed by atoms with Gasteiger partial charge in [-0.1, -0.05) is 40.9 Å². The highest BCUT2D eigenvalue weighted by atomic mass is 35.5. The summed E-state index contributed by atoms with van der Waals surface area (Å²) in [5.41, 5.74) is 2.80. The number of piperazine rings is 1. The summed E-state index contributed by atoms with van der Waals surface area (Å²) in [4.78, 5) is 8.99. The smallest absolute Gasteiger partial charge is 0.215 e. The summed E-state index contributed by atoms with van der Waals surface area (Å²) in [7, 11) is 0. The molecule has 46 heavy (non-hydrogen) atoms. The Hall–Kier alpha value is -3.09. The van der Waals surface area contributed by atoms with Crippen LogP contribution in [0, 0.1) is 0 Å². The van der Waals surface area contributed by atoms with Gasteiger partial charge in [-0.05, 0) is 72.9 Å². The molecule has 9 nitrogen and oxygen atoms in total. The fourth-order valence-corrected chi connectivity index (χ4v) is 6.48. The van der Waals surface area contributed by atoms with Crippen LogP contribution in [0.2, 0.25) is 15.1 Å². The number of ether oxygens (including phenoxy) is 3. The van der Waals surface area contributed by atoms with Gasteiger partial charge in [0.1, 0.15) is 18.5 Å². The van der Waals surface area contributed by atoms with Crippen molar-refractivity contribution in [1.29, 1.82) is 0 Å². The number of nitrogens with one attached hydrogen (secondary N) is 2. The van der Waals surface area contributed by atoms with E-state index in [1.54, 1.807) is 24.7 Å². The normalized spacial score (nSPS) is 20.1. The number of benzene rings is 3. The topological polar surface area (TPSA) is 76.0 Å². The van der Waals surface area contributed by atoms with Crippen LogP contribution in [0.5, 0.6) is 5.75 Å². The molecule has 0 bridgehead atoms. The van der Waals surface area contributed by atoms with E-state index in [4.69, 9.17) is 61.2 Å². The van der Waals surface area contributed by atoms with Gasteiger partial charge < -0.3 is 34.3 Å². The lowest BCUT2D eigenvalue weighted by atomic mass is 10.1. The van der Waals surface area contributed by atoms with E-state index in [2.05, 4.69) is 37.6 Å². The molecule has 2 N–H and O–H groups in total. The van der Waals surface area contributed by atoms with Crippen LogP contribution in [0.1, 0.15) is 5.56 Å². The molecule has 0 amide bonds. The number of halogens is 3. The van der Waals surface area contributed by atoms with Crippen LogP contribution in [0.4, 0.5) is 11.4 Å². The van der Waals surface area contributed by atoms with Crippen LogP contribution in [0.3, 0.4) is 0 Å². The van der Waals surface area contributed by atoms with Crippen molar-refractivity contribution in [2.24, 2.45) is 0 Å². The Bertz CT molecular complexity index is 1590. The van der Waals surface area contributed by atoms with E-state index in [1.165, 1.54) is 5.69 Å². The van der Waals surface area contributed by atoms with Gasteiger partial charge in [-0.3, -0.25) is 4.90 Å². The Morgan fingerprint density at radius 2 is 1.74 bits per heavy atom. The van der Waals surface area contributed by atoms with Crippen molar-refractivity contribution in [1.82, 2.24) is 19.8 Å². The fourth-order valence-electron chi connectivity index (χ4n) is 5.58. The maximum atomic E-state index is 6.59. The second-order valence-electron chi connectivity index (χ2n) is 11.2. The van der Waals surface area contributed by atoms with Gasteiger partial charge in [-0.25, -0.2) is 4.98 Å². The largest absolute Gasteiger partial charge is 0.491 e. The van der Waals surface area contributed by atoms with Gasteiger partial charge in [0.05, 0.1) is 24.5 Å². The highest BCUT2D eigenvalue weighted by Crippen LogP contribution is 2.40. The van der Waals surface area contributed by atoms with Gasteiger partial charge in [0.15, 0.2) is 5.11 Å². The molecule has 2 atom stereocenters. The Kier molecular flexibility index (Phi) is 10.9. The fraction of sp³-hybridized carbons (Fsp3) is 0.333. The summed E-state index contributed by atoms with van der Waals surface area (Å²) < 4.78 is 20.8. The number of anilines is 2. The molecular formula is C33H35Cl3N6O3S. The first-order valence-electron chi connectivity index (χ1n) is 15.1. The number of rotatable bonds is 11. The van der Waals surface area contributed by atoms with Crippen molar-refractivity contribution in [2.75, 3.05) is 62.7 Å². The molecular weight excluding hydrogens is 667 g/mol. The predicted octanol–water partition coefficient (Wildman–Crippen LogP) is 6.30. The molecule has 0 unspecified atom stereocenters. The average molecular weight is 702 g/mol. The summed E-state index contributed by atoms with van der Waals surface area (Å²) in [6.07, 6.45) is 5.01. The van der Waals surface area contributed by atoms with Crippen molar-refractivity contribution >= 4 is 63.5 Å². The molecule has 0 saturated carbocycles. The SMILES string of the molecule is S=C(NCCN1CCN(c2ccc(OC[C@@H]3CO[C@@](Cn4ccnc4)(c4ccc(Cl)cc4Cl)O3)cc2)CC1)Nc1ccc(Cl)cc1. The minimum absolute atomic E-state index is 0.292. The van der Waals surface area contributed by atoms with Crippen molar-refractivity contribution in [3.63, 3.8) is 0 Å². The Labute approximate surface area is 289 Å². The van der Waals surface area contributed by atoms with Crippen LogP contribution in [-0.4, -0.2) is 78.1 Å². The molecule has 0 radical (unpaired) electrons. The molecule has 2 saturated heterocycles. The van der Waals surface area contributed by atoms with Crippen LogP contribution in [0.15, 0.2) is 85.5 Å². The molecule has 0 aliphatic carbocycles. The van der Waals surface area contributed by atoms with Crippen molar-refractivity contribution < 1.29 is 14.2 Å². The van der Waals surface area contributed by atoms with E-state index >= 15 is 0 Å². The Morgan fingerprint density at radius 1 is 0.978 bits per heavy atom. The van der Waals surface area contributed by atoms with Crippen molar-refractivity contribution in [3.8, 4) is 5.75 Å². The molecule has 242 valence electrons. The monoisotopic (exact) mass is 700 g/mol. The first-order valence-corrected chi connectivity index (χ1v) is 16.6. The lowest BCUT2D eigenvalue weighted by Crippen LogP contribution is -2.48. The van der Waals surface area contributed by atoms with E-state index in [1.807, 2.05) is 53.2 Å². The minimum atomic E-state index is -1.08. The Balaban J connectivity index is 0.947. The number of imidazole rings is 1. The summed E-state index contributed by atoms with van der Waals surface area (Å²) in [5.74, 6) is -0.310. The minimum Gasteiger partial charge on any atom is -0.491 e. The average Bonchev–Trinajstić information content (AvgIpc) is 3.72. The second kappa shape index (κ2) is 15.2. The second-order valence-corrected chi connectivity index (χ2v) is 12.9. The molecule has 2 aliphatic heterocycles. The quantitative estimate of drug-likeness (QED) is 0.175. The lowest BCUT2D eigenvalue weighted by Gasteiger charge is -2.36. The highest BCUT2D eigenvalue weighted by Gasteiger charge is 2.45. The maximum absolute atomic E-state index is 6.59. The molecule has 3 heterocycles. The third-order valence-corrected chi connectivity index (χ3v) is 9.02. The number of hydrogen-bond acceptors (Lipinski definition) is 7. The van der Waals surface area contributed by atoms with E-state index in [0.29, 0.717) is 45.5 Å². The summed E-state index contributed by atoms with van der Waals surface area (Å²) >= 11 is 24.1. The number of aromatic nitrogens is 2. The number of nitrogens with zero attached hydrogens (tertiary/aromatic N) is 4. The zero-order valence-electron chi connectivity index (χ0n) is 25.1. The summed E-state index contributed by atoms with van der Waals surface area (Å²) in [6, 6.07) is 21.0. The van der Waals surface area contributed by atoms with Crippen molar-refractivity contribution in [3.05, 3.63) is 106 Å². The number of thiocarbonyl (C=S) groups is 1. The van der Waals surface area contributed by atoms with Crippen LogP contribution < -0.4 is 20.3 Å². The third-order valence-electron chi connectivity index (χ3n) is 7.98. The standard InChI is InChI=1S/C33H35Cl3N6O3S/c34-24-1-4-26(5-2-24)39-32(46)38-12-14-40-15-17-42(18-16-40)27-6-8-28(9-7-27)43-20-29-21-44-33(45-29,22-41-13-11-37-23-41)30-10-3-25(35)19-31(30)36/h1-11,13,19,23,29H,12,14-18,20-22H2,(H2,38,39,46)/t29-,33-/m1/s1. The molecule has 6 rings (SSSR count). The molecule has 2 aliphatic rings. The van der Waals surface area contributed by atoms with Gasteiger partial charge >= 0.3 is 0 Å².